The number of aromatic nitrogens is 2. The molecule has 0 amide bonds. The van der Waals surface area contributed by atoms with Gasteiger partial charge in [-0.3, -0.25) is 0 Å². The highest BCUT2D eigenvalue weighted by Crippen LogP contribution is 2.14. The van der Waals surface area contributed by atoms with Crippen LogP contribution in [0.1, 0.15) is 25.3 Å². The summed E-state index contributed by atoms with van der Waals surface area (Å²) in [6.45, 7) is 2.96. The van der Waals surface area contributed by atoms with Crippen LogP contribution < -0.4 is 5.32 Å². The van der Waals surface area contributed by atoms with Gasteiger partial charge in [0.1, 0.15) is 0 Å². The first-order valence-corrected chi connectivity index (χ1v) is 7.59. The first kappa shape index (κ1) is 13.7. The predicted octanol–water partition coefficient (Wildman–Crippen LogP) is 4.45. The standard InChI is InChI=1S/C18H21N3/c1-2-3-6-15-9-11-16(12-10-15)19-13-21-14-20-17-7-4-5-8-18(17)21/h4-5,7-12,14,19H,2-3,6,13H2,1H3. The van der Waals surface area contributed by atoms with Gasteiger partial charge in [0.25, 0.3) is 0 Å². The van der Waals surface area contributed by atoms with E-state index in [1.54, 1.807) is 0 Å². The quantitative estimate of drug-likeness (QED) is 0.722. The van der Waals surface area contributed by atoms with Crippen LogP contribution in [0.4, 0.5) is 5.69 Å². The Morgan fingerprint density at radius 1 is 1.05 bits per heavy atom. The van der Waals surface area contributed by atoms with Crippen LogP contribution in [0.25, 0.3) is 11.0 Å². The third kappa shape index (κ3) is 3.24. The molecule has 1 aromatic heterocycles. The second-order valence-electron chi connectivity index (χ2n) is 5.34. The third-order valence-electron chi connectivity index (χ3n) is 3.75. The monoisotopic (exact) mass is 279 g/mol. The van der Waals surface area contributed by atoms with Crippen LogP contribution in [0.15, 0.2) is 54.9 Å². The Kier molecular flexibility index (Phi) is 4.20. The smallest absolute Gasteiger partial charge is 0.0973 e. The van der Waals surface area contributed by atoms with Crippen molar-refractivity contribution in [2.24, 2.45) is 0 Å². The van der Waals surface area contributed by atoms with Crippen LogP contribution in [0, 0.1) is 0 Å². The summed E-state index contributed by atoms with van der Waals surface area (Å²) in [6, 6.07) is 16.9. The lowest BCUT2D eigenvalue weighted by molar-refractivity contribution is 0.792. The van der Waals surface area contributed by atoms with E-state index < -0.39 is 0 Å². The van der Waals surface area contributed by atoms with E-state index in [9.17, 15) is 0 Å². The number of nitrogens with one attached hydrogen (secondary N) is 1. The molecule has 3 heteroatoms. The minimum atomic E-state index is 0.731. The fraction of sp³-hybridized carbons (Fsp3) is 0.278. The SMILES string of the molecule is CCCCc1ccc(NCn2cnc3ccccc32)cc1. The van der Waals surface area contributed by atoms with E-state index in [4.69, 9.17) is 0 Å². The van der Waals surface area contributed by atoms with Gasteiger partial charge in [0.2, 0.25) is 0 Å². The van der Waals surface area contributed by atoms with E-state index >= 15 is 0 Å². The van der Waals surface area contributed by atoms with E-state index in [0.717, 1.165) is 23.4 Å². The van der Waals surface area contributed by atoms with Gasteiger partial charge in [-0.1, -0.05) is 37.6 Å². The molecule has 0 fully saturated rings. The molecule has 0 aliphatic carbocycles. The number of fused-ring (bicyclic) bond motifs is 1. The molecule has 0 bridgehead atoms. The molecule has 0 saturated heterocycles. The number of aryl methyl sites for hydroxylation is 1. The summed E-state index contributed by atoms with van der Waals surface area (Å²) in [5.74, 6) is 0. The highest BCUT2D eigenvalue weighted by molar-refractivity contribution is 5.75. The zero-order valence-electron chi connectivity index (χ0n) is 12.4. The largest absolute Gasteiger partial charge is 0.367 e. The molecule has 3 nitrogen and oxygen atoms in total. The molecule has 0 radical (unpaired) electrons. The Morgan fingerprint density at radius 2 is 1.86 bits per heavy atom. The summed E-state index contributed by atoms with van der Waals surface area (Å²) in [5.41, 5.74) is 4.75. The Labute approximate surface area is 125 Å². The van der Waals surface area contributed by atoms with Crippen molar-refractivity contribution >= 4 is 16.7 Å². The van der Waals surface area contributed by atoms with Crippen molar-refractivity contribution in [1.82, 2.24) is 9.55 Å². The van der Waals surface area contributed by atoms with Crippen LogP contribution in [0.2, 0.25) is 0 Å². The second-order valence-corrected chi connectivity index (χ2v) is 5.34. The highest BCUT2D eigenvalue weighted by atomic mass is 15.1. The lowest BCUT2D eigenvalue weighted by Crippen LogP contribution is -2.06. The van der Waals surface area contributed by atoms with Crippen LogP contribution in [0.3, 0.4) is 0 Å². The van der Waals surface area contributed by atoms with E-state index in [1.807, 2.05) is 24.5 Å². The molecule has 21 heavy (non-hydrogen) atoms. The zero-order valence-corrected chi connectivity index (χ0v) is 12.4. The summed E-state index contributed by atoms with van der Waals surface area (Å²) in [7, 11) is 0. The van der Waals surface area contributed by atoms with Crippen molar-refractivity contribution in [2.45, 2.75) is 32.9 Å². The molecule has 0 saturated carbocycles. The Hall–Kier alpha value is -2.29. The molecule has 1 heterocycles. The molecule has 108 valence electrons. The number of imidazole rings is 1. The Balaban J connectivity index is 1.64. The van der Waals surface area contributed by atoms with Gasteiger partial charge in [0, 0.05) is 5.69 Å². The fourth-order valence-electron chi connectivity index (χ4n) is 2.48. The average molecular weight is 279 g/mol. The van der Waals surface area contributed by atoms with Crippen LogP contribution >= 0.6 is 0 Å². The topological polar surface area (TPSA) is 29.9 Å². The van der Waals surface area contributed by atoms with Crippen LogP contribution in [-0.2, 0) is 13.1 Å². The number of nitrogens with zero attached hydrogens (tertiary/aromatic N) is 2. The van der Waals surface area contributed by atoms with Crippen LogP contribution in [-0.4, -0.2) is 9.55 Å². The van der Waals surface area contributed by atoms with Gasteiger partial charge in [-0.25, -0.2) is 4.98 Å². The number of hydrogen-bond donors (Lipinski definition) is 1. The maximum Gasteiger partial charge on any atom is 0.0973 e. The molecule has 1 N–H and O–H groups in total. The Morgan fingerprint density at radius 3 is 2.67 bits per heavy atom. The van der Waals surface area contributed by atoms with E-state index in [2.05, 4.69) is 52.1 Å². The summed E-state index contributed by atoms with van der Waals surface area (Å²) in [6.07, 6.45) is 5.55. The van der Waals surface area contributed by atoms with Gasteiger partial charge in [-0.15, -0.1) is 0 Å². The van der Waals surface area contributed by atoms with Crippen LogP contribution in [0.5, 0.6) is 0 Å². The van der Waals surface area contributed by atoms with Crippen molar-refractivity contribution in [3.05, 3.63) is 60.4 Å². The number of hydrogen-bond acceptors (Lipinski definition) is 2. The number of benzene rings is 2. The second kappa shape index (κ2) is 6.44. The number of para-hydroxylation sites is 2. The van der Waals surface area contributed by atoms with Gasteiger partial charge in [-0.05, 0) is 42.7 Å². The zero-order chi connectivity index (χ0) is 14.5. The van der Waals surface area contributed by atoms with Crippen molar-refractivity contribution in [3.63, 3.8) is 0 Å². The molecule has 2 aromatic carbocycles. The van der Waals surface area contributed by atoms with E-state index in [0.29, 0.717) is 0 Å². The van der Waals surface area contributed by atoms with Gasteiger partial charge in [0.15, 0.2) is 0 Å². The Bertz CT molecular complexity index is 698. The first-order valence-electron chi connectivity index (χ1n) is 7.59. The molecule has 3 aromatic rings. The number of anilines is 1. The first-order chi connectivity index (χ1) is 10.4. The van der Waals surface area contributed by atoms with Gasteiger partial charge >= 0.3 is 0 Å². The molecule has 0 aliphatic heterocycles. The maximum absolute atomic E-state index is 4.40. The van der Waals surface area contributed by atoms with E-state index in [1.165, 1.54) is 24.8 Å². The van der Waals surface area contributed by atoms with Crippen molar-refractivity contribution in [1.29, 1.82) is 0 Å². The predicted molar refractivity (Wildman–Crippen MR) is 88.4 cm³/mol. The van der Waals surface area contributed by atoms with Gasteiger partial charge in [0.05, 0.1) is 24.0 Å². The minimum Gasteiger partial charge on any atom is -0.367 e. The van der Waals surface area contributed by atoms with Gasteiger partial charge < -0.3 is 9.88 Å². The van der Waals surface area contributed by atoms with Gasteiger partial charge in [-0.2, -0.15) is 0 Å². The minimum absolute atomic E-state index is 0.731. The summed E-state index contributed by atoms with van der Waals surface area (Å²) in [5, 5.41) is 3.45. The maximum atomic E-state index is 4.40. The number of rotatable bonds is 6. The van der Waals surface area contributed by atoms with Crippen molar-refractivity contribution in [3.8, 4) is 0 Å². The lowest BCUT2D eigenvalue weighted by atomic mass is 10.1. The molecule has 3 rings (SSSR count). The summed E-state index contributed by atoms with van der Waals surface area (Å²) >= 11 is 0. The molecular formula is C18H21N3. The summed E-state index contributed by atoms with van der Waals surface area (Å²) in [4.78, 5) is 4.40. The molecule has 0 aliphatic rings. The highest BCUT2D eigenvalue weighted by Gasteiger charge is 2.01. The lowest BCUT2D eigenvalue weighted by Gasteiger charge is -2.09. The van der Waals surface area contributed by atoms with Crippen molar-refractivity contribution in [2.75, 3.05) is 5.32 Å². The number of unbranched alkanes of at least 4 members (excludes halogenated alkanes) is 1. The third-order valence-corrected chi connectivity index (χ3v) is 3.75. The summed E-state index contributed by atoms with van der Waals surface area (Å²) < 4.78 is 2.13. The molecule has 0 spiro atoms. The molecule has 0 unspecified atom stereocenters. The normalized spacial score (nSPS) is 10.9. The van der Waals surface area contributed by atoms with Crippen molar-refractivity contribution < 1.29 is 0 Å². The molecular weight excluding hydrogens is 258 g/mol. The van der Waals surface area contributed by atoms with E-state index in [-0.39, 0.29) is 0 Å². The average Bonchev–Trinajstić information content (AvgIpc) is 2.95. The molecule has 0 atom stereocenters. The fourth-order valence-corrected chi connectivity index (χ4v) is 2.48.